The highest BCUT2D eigenvalue weighted by Gasteiger charge is 2.11. The number of para-hydroxylation sites is 1. The highest BCUT2D eigenvalue weighted by atomic mass is 32.2. The Morgan fingerprint density at radius 3 is 2.76 bits per heavy atom. The molecule has 0 radical (unpaired) electrons. The van der Waals surface area contributed by atoms with Crippen molar-refractivity contribution in [1.82, 2.24) is 4.57 Å². The molecular formula is C19H17FN2OS2. The van der Waals surface area contributed by atoms with Gasteiger partial charge in [-0.2, -0.15) is 4.99 Å². The van der Waals surface area contributed by atoms with Crippen LogP contribution in [0.1, 0.15) is 5.56 Å². The maximum Gasteiger partial charge on any atom is 0.252 e. The molecule has 0 aliphatic heterocycles. The molecule has 0 fully saturated rings. The van der Waals surface area contributed by atoms with Gasteiger partial charge in [0.1, 0.15) is 5.82 Å². The monoisotopic (exact) mass is 372 g/mol. The van der Waals surface area contributed by atoms with Crippen LogP contribution in [0.3, 0.4) is 0 Å². The Hall–Kier alpha value is -2.18. The summed E-state index contributed by atoms with van der Waals surface area (Å²) in [5.41, 5.74) is 1.37. The summed E-state index contributed by atoms with van der Waals surface area (Å²) < 4.78 is 16.6. The second-order valence-electron chi connectivity index (χ2n) is 5.40. The molecule has 1 aromatic heterocycles. The van der Waals surface area contributed by atoms with E-state index >= 15 is 0 Å². The lowest BCUT2D eigenvalue weighted by atomic mass is 10.1. The summed E-state index contributed by atoms with van der Waals surface area (Å²) in [5.74, 6) is -0.571. The van der Waals surface area contributed by atoms with Crippen molar-refractivity contribution in [3.8, 4) is 0 Å². The van der Waals surface area contributed by atoms with Crippen LogP contribution in [0.2, 0.25) is 0 Å². The molecule has 3 nitrogen and oxygen atoms in total. The molecule has 0 saturated carbocycles. The lowest BCUT2D eigenvalue weighted by Gasteiger charge is -2.02. The average Bonchev–Trinajstić information content (AvgIpc) is 2.94. The molecule has 3 aromatic rings. The van der Waals surface area contributed by atoms with Gasteiger partial charge in [0, 0.05) is 11.4 Å². The number of amides is 1. The minimum absolute atomic E-state index is 0.222. The predicted molar refractivity (Wildman–Crippen MR) is 102 cm³/mol. The molecular weight excluding hydrogens is 355 g/mol. The number of aromatic nitrogens is 1. The number of nitrogens with zero attached hydrogens (tertiary/aromatic N) is 2. The smallest absolute Gasteiger partial charge is 0.252 e. The fourth-order valence-corrected chi connectivity index (χ4v) is 4.01. The SMILES string of the molecule is C=CCn1c(=NC(=O)Cc2ccc(SC)cc2)sc2cccc(F)c21. The van der Waals surface area contributed by atoms with E-state index in [2.05, 4.69) is 11.6 Å². The normalized spacial score (nSPS) is 11.8. The second-order valence-corrected chi connectivity index (χ2v) is 7.29. The van der Waals surface area contributed by atoms with Crippen molar-refractivity contribution in [2.75, 3.05) is 6.26 Å². The number of fused-ring (bicyclic) bond motifs is 1. The van der Waals surface area contributed by atoms with E-state index in [-0.39, 0.29) is 18.1 Å². The van der Waals surface area contributed by atoms with Crippen molar-refractivity contribution >= 4 is 39.2 Å². The molecule has 0 unspecified atom stereocenters. The average molecular weight is 372 g/mol. The molecule has 1 amide bonds. The van der Waals surface area contributed by atoms with Crippen LogP contribution in [-0.4, -0.2) is 16.7 Å². The first-order valence-corrected chi connectivity index (χ1v) is 9.75. The predicted octanol–water partition coefficient (Wildman–Crippen LogP) is 4.42. The summed E-state index contributed by atoms with van der Waals surface area (Å²) >= 11 is 2.96. The van der Waals surface area contributed by atoms with E-state index in [1.54, 1.807) is 28.5 Å². The van der Waals surface area contributed by atoms with Gasteiger partial charge in [-0.1, -0.05) is 35.6 Å². The second kappa shape index (κ2) is 7.80. The lowest BCUT2D eigenvalue weighted by Crippen LogP contribution is -2.17. The molecule has 0 saturated heterocycles. The fraction of sp³-hybridized carbons (Fsp3) is 0.158. The summed E-state index contributed by atoms with van der Waals surface area (Å²) in [7, 11) is 0. The summed E-state index contributed by atoms with van der Waals surface area (Å²) in [5, 5.41) is 0. The largest absolute Gasteiger partial charge is 0.310 e. The number of benzene rings is 2. The van der Waals surface area contributed by atoms with Crippen LogP contribution >= 0.6 is 23.1 Å². The number of halogens is 1. The van der Waals surface area contributed by atoms with Crippen molar-refractivity contribution in [2.24, 2.45) is 4.99 Å². The maximum atomic E-state index is 14.2. The number of thiazole rings is 1. The van der Waals surface area contributed by atoms with Crippen molar-refractivity contribution < 1.29 is 9.18 Å². The van der Waals surface area contributed by atoms with E-state index in [0.717, 1.165) is 15.2 Å². The number of hydrogen-bond donors (Lipinski definition) is 0. The van der Waals surface area contributed by atoms with Gasteiger partial charge in [0.25, 0.3) is 5.91 Å². The number of rotatable bonds is 5. The first kappa shape index (κ1) is 17.6. The Morgan fingerprint density at radius 2 is 2.08 bits per heavy atom. The summed E-state index contributed by atoms with van der Waals surface area (Å²) in [6, 6.07) is 12.7. The maximum absolute atomic E-state index is 14.2. The molecule has 0 bridgehead atoms. The van der Waals surface area contributed by atoms with E-state index in [1.165, 1.54) is 17.4 Å². The van der Waals surface area contributed by atoms with Crippen molar-refractivity contribution in [3.05, 3.63) is 71.3 Å². The Kier molecular flexibility index (Phi) is 5.50. The molecule has 25 heavy (non-hydrogen) atoms. The van der Waals surface area contributed by atoms with E-state index in [9.17, 15) is 9.18 Å². The highest BCUT2D eigenvalue weighted by Crippen LogP contribution is 2.20. The molecule has 128 valence electrons. The Labute approximate surface area is 153 Å². The number of carbonyl (C=O) groups is 1. The van der Waals surface area contributed by atoms with Gasteiger partial charge in [0.05, 0.1) is 16.6 Å². The van der Waals surface area contributed by atoms with E-state index in [0.29, 0.717) is 16.9 Å². The third kappa shape index (κ3) is 3.91. The number of thioether (sulfide) groups is 1. The topological polar surface area (TPSA) is 34.4 Å². The first-order chi connectivity index (χ1) is 12.1. The Balaban J connectivity index is 1.96. The molecule has 0 N–H and O–H groups in total. The van der Waals surface area contributed by atoms with Gasteiger partial charge in [-0.25, -0.2) is 4.39 Å². The zero-order chi connectivity index (χ0) is 17.8. The third-order valence-electron chi connectivity index (χ3n) is 3.70. The Bertz CT molecular complexity index is 987. The lowest BCUT2D eigenvalue weighted by molar-refractivity contribution is -0.117. The third-order valence-corrected chi connectivity index (χ3v) is 5.49. The van der Waals surface area contributed by atoms with Crippen LogP contribution in [0.25, 0.3) is 10.2 Å². The standard InChI is InChI=1S/C19H17FN2OS2/c1-3-11-22-18-15(20)5-4-6-16(18)25-19(22)21-17(23)12-13-7-9-14(24-2)10-8-13/h3-10H,1,11-12H2,2H3. The van der Waals surface area contributed by atoms with E-state index < -0.39 is 0 Å². The highest BCUT2D eigenvalue weighted by molar-refractivity contribution is 7.98. The molecule has 0 aliphatic carbocycles. The Morgan fingerprint density at radius 1 is 1.32 bits per heavy atom. The molecule has 0 aliphatic rings. The zero-order valence-electron chi connectivity index (χ0n) is 13.7. The van der Waals surface area contributed by atoms with Crippen LogP contribution in [0.5, 0.6) is 0 Å². The van der Waals surface area contributed by atoms with E-state index in [1.807, 2.05) is 36.6 Å². The molecule has 3 rings (SSSR count). The van der Waals surface area contributed by atoms with Crippen molar-refractivity contribution in [3.63, 3.8) is 0 Å². The molecule has 2 aromatic carbocycles. The summed E-state index contributed by atoms with van der Waals surface area (Å²) in [4.78, 5) is 18.2. The van der Waals surface area contributed by atoms with Crippen molar-refractivity contribution in [1.29, 1.82) is 0 Å². The van der Waals surface area contributed by atoms with Gasteiger partial charge >= 0.3 is 0 Å². The van der Waals surface area contributed by atoms with E-state index in [4.69, 9.17) is 0 Å². The van der Waals surface area contributed by atoms with Gasteiger partial charge in [-0.3, -0.25) is 4.79 Å². The summed E-state index contributed by atoms with van der Waals surface area (Å²) in [6.07, 6.45) is 3.90. The van der Waals surface area contributed by atoms with Crippen LogP contribution in [0.15, 0.2) is 65.0 Å². The van der Waals surface area contributed by atoms with Gasteiger partial charge in [-0.15, -0.1) is 18.3 Å². The molecule has 1 heterocycles. The van der Waals surface area contributed by atoms with Gasteiger partial charge < -0.3 is 4.57 Å². The first-order valence-electron chi connectivity index (χ1n) is 7.71. The molecule has 6 heteroatoms. The number of allylic oxidation sites excluding steroid dienone is 1. The van der Waals surface area contributed by atoms with Crippen LogP contribution in [0, 0.1) is 5.82 Å². The minimum Gasteiger partial charge on any atom is -0.310 e. The van der Waals surface area contributed by atoms with Crippen molar-refractivity contribution in [2.45, 2.75) is 17.9 Å². The minimum atomic E-state index is -0.322. The van der Waals surface area contributed by atoms with Crippen LogP contribution < -0.4 is 4.80 Å². The molecule has 0 spiro atoms. The zero-order valence-corrected chi connectivity index (χ0v) is 15.4. The molecule has 0 atom stereocenters. The quantitative estimate of drug-likeness (QED) is 0.491. The summed E-state index contributed by atoms with van der Waals surface area (Å²) in [6.45, 7) is 4.11. The van der Waals surface area contributed by atoms with Gasteiger partial charge in [-0.05, 0) is 36.1 Å². The van der Waals surface area contributed by atoms with Gasteiger partial charge in [0.15, 0.2) is 4.80 Å². The fourth-order valence-electron chi connectivity index (χ4n) is 2.53. The number of hydrogen-bond acceptors (Lipinski definition) is 3. The van der Waals surface area contributed by atoms with Crippen LogP contribution in [0.4, 0.5) is 4.39 Å². The number of carbonyl (C=O) groups excluding carboxylic acids is 1. The van der Waals surface area contributed by atoms with Gasteiger partial charge in [0.2, 0.25) is 0 Å². The van der Waals surface area contributed by atoms with Crippen LogP contribution in [-0.2, 0) is 17.8 Å².